The number of hydrogen-bond donors (Lipinski definition) is 1. The van der Waals surface area contributed by atoms with E-state index in [4.69, 9.17) is 16.3 Å². The molecular weight excluding hydrogens is 222 g/mol. The van der Waals surface area contributed by atoms with E-state index in [9.17, 15) is 0 Å². The van der Waals surface area contributed by atoms with Crippen LogP contribution in [0.2, 0.25) is 5.02 Å². The number of rotatable bonds is 4. The second-order valence-corrected chi connectivity index (χ2v) is 4.59. The lowest BCUT2D eigenvalue weighted by Gasteiger charge is -2.23. The quantitative estimate of drug-likeness (QED) is 0.872. The van der Waals surface area contributed by atoms with Crippen molar-refractivity contribution in [2.75, 3.05) is 19.8 Å². The van der Waals surface area contributed by atoms with E-state index in [-0.39, 0.29) is 0 Å². The van der Waals surface area contributed by atoms with E-state index in [1.165, 1.54) is 5.56 Å². The smallest absolute Gasteiger partial charge is 0.0480 e. The summed E-state index contributed by atoms with van der Waals surface area (Å²) in [5.74, 6) is 0. The summed E-state index contributed by atoms with van der Waals surface area (Å²) in [5.41, 5.74) is 1.23. The number of nitrogens with one attached hydrogen (secondary N) is 1. The zero-order valence-electron chi connectivity index (χ0n) is 9.42. The molecule has 1 saturated heterocycles. The van der Waals surface area contributed by atoms with E-state index in [1.807, 2.05) is 18.2 Å². The van der Waals surface area contributed by atoms with Crippen LogP contribution < -0.4 is 5.32 Å². The average Bonchev–Trinajstić information content (AvgIpc) is 2.33. The Morgan fingerprint density at radius 3 is 2.75 bits per heavy atom. The summed E-state index contributed by atoms with van der Waals surface area (Å²) < 4.78 is 5.32. The molecule has 2 nitrogen and oxygen atoms in total. The molecular formula is C13H18ClNO. The number of benzene rings is 1. The normalized spacial score (nSPS) is 17.6. The largest absolute Gasteiger partial charge is 0.381 e. The lowest BCUT2D eigenvalue weighted by Crippen LogP contribution is -2.35. The molecule has 2 rings (SSSR count). The van der Waals surface area contributed by atoms with Crippen LogP contribution >= 0.6 is 11.6 Å². The van der Waals surface area contributed by atoms with Crippen molar-refractivity contribution in [3.8, 4) is 0 Å². The number of ether oxygens (including phenoxy) is 1. The van der Waals surface area contributed by atoms with Gasteiger partial charge < -0.3 is 10.1 Å². The lowest BCUT2D eigenvalue weighted by molar-refractivity contribution is 0.0782. The number of hydrogen-bond acceptors (Lipinski definition) is 2. The van der Waals surface area contributed by atoms with Crippen LogP contribution in [0.5, 0.6) is 0 Å². The summed E-state index contributed by atoms with van der Waals surface area (Å²) in [6.45, 7) is 2.78. The molecule has 0 atom stereocenters. The zero-order valence-corrected chi connectivity index (χ0v) is 10.2. The van der Waals surface area contributed by atoms with Crippen LogP contribution in [-0.4, -0.2) is 25.8 Å². The summed E-state index contributed by atoms with van der Waals surface area (Å²) in [4.78, 5) is 0. The van der Waals surface area contributed by atoms with Crippen molar-refractivity contribution in [1.82, 2.24) is 5.32 Å². The highest BCUT2D eigenvalue weighted by atomic mass is 35.5. The molecule has 0 bridgehead atoms. The first-order valence-electron chi connectivity index (χ1n) is 5.91. The van der Waals surface area contributed by atoms with Crippen LogP contribution in [0.3, 0.4) is 0 Å². The fraction of sp³-hybridized carbons (Fsp3) is 0.538. The Balaban J connectivity index is 1.73. The third-order valence-corrected chi connectivity index (χ3v) is 3.38. The van der Waals surface area contributed by atoms with E-state index in [0.29, 0.717) is 6.04 Å². The zero-order chi connectivity index (χ0) is 11.2. The standard InChI is InChI=1S/C13H18ClNO/c14-13-4-2-1-3-11(13)5-8-15-12-6-9-16-10-7-12/h1-4,12,15H,5-10H2. The fourth-order valence-corrected chi connectivity index (χ4v) is 2.24. The Hall–Kier alpha value is -0.570. The molecule has 0 amide bonds. The maximum Gasteiger partial charge on any atom is 0.0480 e. The summed E-state index contributed by atoms with van der Waals surface area (Å²) in [6, 6.07) is 8.67. The molecule has 0 radical (unpaired) electrons. The Bertz CT molecular complexity index is 323. The number of halogens is 1. The minimum atomic E-state index is 0.622. The molecule has 0 unspecified atom stereocenters. The molecule has 1 aromatic rings. The van der Waals surface area contributed by atoms with Crippen molar-refractivity contribution in [3.63, 3.8) is 0 Å². The van der Waals surface area contributed by atoms with Crippen LogP contribution in [0.1, 0.15) is 18.4 Å². The maximum atomic E-state index is 6.10. The molecule has 1 fully saturated rings. The van der Waals surface area contributed by atoms with Crippen LogP contribution in [0.4, 0.5) is 0 Å². The van der Waals surface area contributed by atoms with Gasteiger partial charge in [-0.25, -0.2) is 0 Å². The van der Waals surface area contributed by atoms with Gasteiger partial charge in [0.05, 0.1) is 0 Å². The minimum Gasteiger partial charge on any atom is -0.381 e. The van der Waals surface area contributed by atoms with Gasteiger partial charge in [-0.15, -0.1) is 0 Å². The van der Waals surface area contributed by atoms with Gasteiger partial charge in [0.15, 0.2) is 0 Å². The molecule has 1 aromatic carbocycles. The van der Waals surface area contributed by atoms with Gasteiger partial charge >= 0.3 is 0 Å². The third kappa shape index (κ3) is 3.48. The van der Waals surface area contributed by atoms with Crippen molar-refractivity contribution >= 4 is 11.6 Å². The average molecular weight is 240 g/mol. The Morgan fingerprint density at radius 2 is 2.00 bits per heavy atom. The molecule has 1 N–H and O–H groups in total. The summed E-state index contributed by atoms with van der Waals surface area (Å²) in [5, 5.41) is 4.43. The van der Waals surface area contributed by atoms with Crippen LogP contribution in [0, 0.1) is 0 Å². The molecule has 0 aromatic heterocycles. The van der Waals surface area contributed by atoms with Gasteiger partial charge in [0.2, 0.25) is 0 Å². The second kappa shape index (κ2) is 6.24. The van der Waals surface area contributed by atoms with Crippen molar-refractivity contribution in [2.24, 2.45) is 0 Å². The van der Waals surface area contributed by atoms with Gasteiger partial charge in [0, 0.05) is 24.3 Å². The van der Waals surface area contributed by atoms with Crippen LogP contribution in [0.15, 0.2) is 24.3 Å². The molecule has 1 heterocycles. The van der Waals surface area contributed by atoms with E-state index in [0.717, 1.165) is 44.0 Å². The van der Waals surface area contributed by atoms with E-state index < -0.39 is 0 Å². The fourth-order valence-electron chi connectivity index (χ4n) is 2.01. The van der Waals surface area contributed by atoms with Gasteiger partial charge in [-0.2, -0.15) is 0 Å². The van der Waals surface area contributed by atoms with Gasteiger partial charge in [0.1, 0.15) is 0 Å². The first-order valence-corrected chi connectivity index (χ1v) is 6.28. The first kappa shape index (κ1) is 11.9. The van der Waals surface area contributed by atoms with Gasteiger partial charge in [-0.1, -0.05) is 29.8 Å². The summed E-state index contributed by atoms with van der Waals surface area (Å²) in [7, 11) is 0. The topological polar surface area (TPSA) is 21.3 Å². The highest BCUT2D eigenvalue weighted by Crippen LogP contribution is 2.15. The molecule has 0 spiro atoms. The van der Waals surface area contributed by atoms with E-state index >= 15 is 0 Å². The van der Waals surface area contributed by atoms with Gasteiger partial charge in [-0.3, -0.25) is 0 Å². The highest BCUT2D eigenvalue weighted by Gasteiger charge is 2.12. The maximum absolute atomic E-state index is 6.10. The molecule has 88 valence electrons. The van der Waals surface area contributed by atoms with E-state index in [1.54, 1.807) is 0 Å². The molecule has 1 aliphatic heterocycles. The minimum absolute atomic E-state index is 0.622. The van der Waals surface area contributed by atoms with Crippen molar-refractivity contribution in [3.05, 3.63) is 34.9 Å². The third-order valence-electron chi connectivity index (χ3n) is 3.01. The van der Waals surface area contributed by atoms with Crippen LogP contribution in [0.25, 0.3) is 0 Å². The van der Waals surface area contributed by atoms with E-state index in [2.05, 4.69) is 11.4 Å². The lowest BCUT2D eigenvalue weighted by atomic mass is 10.1. The Kier molecular flexibility index (Phi) is 4.64. The first-order chi connectivity index (χ1) is 7.86. The highest BCUT2D eigenvalue weighted by molar-refractivity contribution is 6.31. The van der Waals surface area contributed by atoms with Gasteiger partial charge in [0.25, 0.3) is 0 Å². The second-order valence-electron chi connectivity index (χ2n) is 4.18. The monoisotopic (exact) mass is 239 g/mol. The summed E-state index contributed by atoms with van der Waals surface area (Å²) in [6.07, 6.45) is 3.25. The molecule has 0 aliphatic carbocycles. The predicted octanol–water partition coefficient (Wildman–Crippen LogP) is 2.65. The molecule has 16 heavy (non-hydrogen) atoms. The molecule has 0 saturated carbocycles. The van der Waals surface area contributed by atoms with Crippen LogP contribution in [-0.2, 0) is 11.2 Å². The predicted molar refractivity (Wildman–Crippen MR) is 67.0 cm³/mol. The molecule has 3 heteroatoms. The van der Waals surface area contributed by atoms with Crippen molar-refractivity contribution in [1.29, 1.82) is 0 Å². The Labute approximate surface area is 102 Å². The van der Waals surface area contributed by atoms with Gasteiger partial charge in [-0.05, 0) is 37.4 Å². The Morgan fingerprint density at radius 1 is 1.25 bits per heavy atom. The molecule has 1 aliphatic rings. The van der Waals surface area contributed by atoms with Crippen molar-refractivity contribution in [2.45, 2.75) is 25.3 Å². The SMILES string of the molecule is Clc1ccccc1CCNC1CCOCC1. The summed E-state index contributed by atoms with van der Waals surface area (Å²) >= 11 is 6.10. The van der Waals surface area contributed by atoms with Crippen molar-refractivity contribution < 1.29 is 4.74 Å².